The van der Waals surface area contributed by atoms with Crippen molar-refractivity contribution in [1.29, 1.82) is 0 Å². The lowest BCUT2D eigenvalue weighted by Crippen LogP contribution is -2.24. The number of halogens is 1. The second kappa shape index (κ2) is 6.06. The van der Waals surface area contributed by atoms with Crippen LogP contribution in [0.5, 0.6) is 0 Å². The van der Waals surface area contributed by atoms with Crippen molar-refractivity contribution in [3.8, 4) is 0 Å². The first kappa shape index (κ1) is 13.9. The molecule has 1 atom stereocenters. The maximum absolute atomic E-state index is 11.9. The average molecular weight is 282 g/mol. The number of hydrogen-bond acceptors (Lipinski definition) is 3. The topological polar surface area (TPSA) is 46.6 Å². The van der Waals surface area contributed by atoms with E-state index in [-0.39, 0.29) is 17.8 Å². The van der Waals surface area contributed by atoms with Crippen molar-refractivity contribution in [2.75, 3.05) is 23.9 Å². The number of hydrogen-bond donors (Lipinski definition) is 0. The first-order valence-electron chi connectivity index (χ1n) is 6.29. The van der Waals surface area contributed by atoms with Crippen LogP contribution in [-0.2, 0) is 9.53 Å². The number of amides is 1. The maximum Gasteiger partial charge on any atom is 0.338 e. The zero-order valence-electron chi connectivity index (χ0n) is 10.8. The predicted molar refractivity (Wildman–Crippen MR) is 73.6 cm³/mol. The van der Waals surface area contributed by atoms with E-state index in [0.29, 0.717) is 31.0 Å². The minimum atomic E-state index is -0.370. The number of rotatable bonds is 4. The van der Waals surface area contributed by atoms with Crippen molar-refractivity contribution < 1.29 is 14.3 Å². The highest BCUT2D eigenvalue weighted by molar-refractivity contribution is 6.18. The van der Waals surface area contributed by atoms with Gasteiger partial charge < -0.3 is 9.64 Å². The molecule has 1 aliphatic heterocycles. The van der Waals surface area contributed by atoms with Gasteiger partial charge in [0.25, 0.3) is 0 Å². The lowest BCUT2D eigenvalue weighted by atomic mass is 10.1. The smallest absolute Gasteiger partial charge is 0.338 e. The fraction of sp³-hybridized carbons (Fsp3) is 0.429. The van der Waals surface area contributed by atoms with Crippen molar-refractivity contribution in [2.24, 2.45) is 5.92 Å². The van der Waals surface area contributed by atoms with Crippen molar-refractivity contribution in [2.45, 2.75) is 13.3 Å². The highest BCUT2D eigenvalue weighted by Crippen LogP contribution is 2.26. The molecule has 1 amide bonds. The Morgan fingerprint density at radius 3 is 2.95 bits per heavy atom. The Hall–Kier alpha value is -1.55. The van der Waals surface area contributed by atoms with Crippen LogP contribution in [0.1, 0.15) is 23.7 Å². The number of alkyl halides is 1. The number of carbonyl (C=O) groups excluding carboxylic acids is 2. The van der Waals surface area contributed by atoms with E-state index in [9.17, 15) is 9.59 Å². The standard InChI is InChI=1S/C14H16ClNO3/c1-2-19-14(18)11-4-3-5-12(7-11)16-9-10(8-15)6-13(16)17/h3-5,7,10H,2,6,8-9H2,1H3. The van der Waals surface area contributed by atoms with E-state index < -0.39 is 0 Å². The minimum absolute atomic E-state index is 0.0478. The Labute approximate surface area is 117 Å². The molecule has 102 valence electrons. The first-order valence-corrected chi connectivity index (χ1v) is 6.82. The molecule has 1 heterocycles. The van der Waals surface area contributed by atoms with Gasteiger partial charge in [0, 0.05) is 24.5 Å². The summed E-state index contributed by atoms with van der Waals surface area (Å²) in [7, 11) is 0. The first-order chi connectivity index (χ1) is 9.15. The second-order valence-corrected chi connectivity index (χ2v) is 4.81. The zero-order chi connectivity index (χ0) is 13.8. The van der Waals surface area contributed by atoms with Crippen LogP contribution < -0.4 is 4.90 Å². The van der Waals surface area contributed by atoms with Gasteiger partial charge in [0.1, 0.15) is 0 Å². The molecular weight excluding hydrogens is 266 g/mol. The Morgan fingerprint density at radius 1 is 1.53 bits per heavy atom. The highest BCUT2D eigenvalue weighted by atomic mass is 35.5. The van der Waals surface area contributed by atoms with E-state index in [1.165, 1.54) is 0 Å². The third kappa shape index (κ3) is 3.07. The van der Waals surface area contributed by atoms with Crippen LogP contribution in [0.4, 0.5) is 5.69 Å². The van der Waals surface area contributed by atoms with Gasteiger partial charge in [-0.25, -0.2) is 4.79 Å². The van der Waals surface area contributed by atoms with Gasteiger partial charge in [0.15, 0.2) is 0 Å². The van der Waals surface area contributed by atoms with Gasteiger partial charge in [-0.1, -0.05) is 6.07 Å². The summed E-state index contributed by atoms with van der Waals surface area (Å²) in [5.74, 6) is 0.330. The van der Waals surface area contributed by atoms with E-state index in [0.717, 1.165) is 5.69 Å². The molecule has 4 nitrogen and oxygen atoms in total. The molecule has 19 heavy (non-hydrogen) atoms. The molecule has 1 aliphatic rings. The van der Waals surface area contributed by atoms with E-state index in [2.05, 4.69) is 0 Å². The number of benzene rings is 1. The molecule has 0 saturated carbocycles. The molecule has 1 unspecified atom stereocenters. The number of ether oxygens (including phenoxy) is 1. The number of anilines is 1. The quantitative estimate of drug-likeness (QED) is 0.629. The second-order valence-electron chi connectivity index (χ2n) is 4.50. The molecule has 1 aromatic rings. The maximum atomic E-state index is 11.9. The summed E-state index contributed by atoms with van der Waals surface area (Å²) in [5.41, 5.74) is 1.18. The molecule has 5 heteroatoms. The Bertz CT molecular complexity index is 489. The molecule has 1 fully saturated rings. The van der Waals surface area contributed by atoms with Gasteiger partial charge in [-0.3, -0.25) is 4.79 Å². The van der Waals surface area contributed by atoms with Crippen molar-refractivity contribution >= 4 is 29.2 Å². The van der Waals surface area contributed by atoms with Crippen LogP contribution in [0.15, 0.2) is 24.3 Å². The van der Waals surface area contributed by atoms with Crippen LogP contribution in [0.25, 0.3) is 0 Å². The molecule has 1 aromatic carbocycles. The molecule has 0 N–H and O–H groups in total. The van der Waals surface area contributed by atoms with Gasteiger partial charge in [0.2, 0.25) is 5.91 Å². The molecule has 0 spiro atoms. The van der Waals surface area contributed by atoms with Crippen molar-refractivity contribution in [1.82, 2.24) is 0 Å². The van der Waals surface area contributed by atoms with Gasteiger partial charge in [0.05, 0.1) is 12.2 Å². The summed E-state index contributed by atoms with van der Waals surface area (Å²) in [5, 5.41) is 0. The lowest BCUT2D eigenvalue weighted by molar-refractivity contribution is -0.117. The van der Waals surface area contributed by atoms with Crippen LogP contribution >= 0.6 is 11.6 Å². The monoisotopic (exact) mass is 281 g/mol. The molecular formula is C14H16ClNO3. The molecule has 0 bridgehead atoms. The number of nitrogens with zero attached hydrogens (tertiary/aromatic N) is 1. The predicted octanol–water partition coefficient (Wildman–Crippen LogP) is 2.46. The third-order valence-electron chi connectivity index (χ3n) is 3.09. The van der Waals surface area contributed by atoms with Crippen LogP contribution in [-0.4, -0.2) is 30.9 Å². The van der Waals surface area contributed by atoms with E-state index in [1.807, 2.05) is 6.07 Å². The lowest BCUT2D eigenvalue weighted by Gasteiger charge is -2.17. The highest BCUT2D eigenvalue weighted by Gasteiger charge is 2.30. The average Bonchev–Trinajstić information content (AvgIpc) is 2.80. The molecule has 1 saturated heterocycles. The summed E-state index contributed by atoms with van der Waals surface area (Å²) in [6, 6.07) is 6.94. The largest absolute Gasteiger partial charge is 0.462 e. The third-order valence-corrected chi connectivity index (χ3v) is 3.53. The SMILES string of the molecule is CCOC(=O)c1cccc(N2CC(CCl)CC2=O)c1. The molecule has 0 aliphatic carbocycles. The van der Waals surface area contributed by atoms with Gasteiger partial charge in [-0.05, 0) is 31.0 Å². The van der Waals surface area contributed by atoms with Gasteiger partial charge >= 0.3 is 5.97 Å². The summed E-state index contributed by atoms with van der Waals surface area (Å²) >= 11 is 5.80. The molecule has 0 radical (unpaired) electrons. The normalized spacial score (nSPS) is 18.7. The van der Waals surface area contributed by atoms with Crippen molar-refractivity contribution in [3.63, 3.8) is 0 Å². The Morgan fingerprint density at radius 2 is 2.32 bits per heavy atom. The van der Waals surface area contributed by atoms with Gasteiger partial charge in [-0.15, -0.1) is 11.6 Å². The Kier molecular flexibility index (Phi) is 4.43. The zero-order valence-corrected chi connectivity index (χ0v) is 11.5. The van der Waals surface area contributed by atoms with E-state index in [1.54, 1.807) is 30.0 Å². The summed E-state index contributed by atoms with van der Waals surface area (Å²) in [4.78, 5) is 25.2. The fourth-order valence-corrected chi connectivity index (χ4v) is 2.36. The fourth-order valence-electron chi connectivity index (χ4n) is 2.15. The van der Waals surface area contributed by atoms with Crippen LogP contribution in [0.3, 0.4) is 0 Å². The number of carbonyl (C=O) groups is 2. The van der Waals surface area contributed by atoms with Gasteiger partial charge in [-0.2, -0.15) is 0 Å². The summed E-state index contributed by atoms with van der Waals surface area (Å²) < 4.78 is 4.95. The van der Waals surface area contributed by atoms with E-state index in [4.69, 9.17) is 16.3 Å². The summed E-state index contributed by atoms with van der Waals surface area (Å²) in [6.45, 7) is 2.70. The Balaban J connectivity index is 2.19. The molecule has 2 rings (SSSR count). The summed E-state index contributed by atoms with van der Waals surface area (Å²) in [6.07, 6.45) is 0.465. The van der Waals surface area contributed by atoms with Crippen molar-refractivity contribution in [3.05, 3.63) is 29.8 Å². The minimum Gasteiger partial charge on any atom is -0.462 e. The van der Waals surface area contributed by atoms with Crippen LogP contribution in [0.2, 0.25) is 0 Å². The van der Waals surface area contributed by atoms with Crippen LogP contribution in [0, 0.1) is 5.92 Å². The van der Waals surface area contributed by atoms with E-state index >= 15 is 0 Å². The number of esters is 1. The molecule has 0 aromatic heterocycles.